The van der Waals surface area contributed by atoms with Gasteiger partial charge < -0.3 is 10.5 Å². The molecule has 0 radical (unpaired) electrons. The van der Waals surface area contributed by atoms with E-state index in [0.717, 1.165) is 10.9 Å². The molecule has 0 aliphatic carbocycles. The number of hydrogen-bond acceptors (Lipinski definition) is 3. The summed E-state index contributed by atoms with van der Waals surface area (Å²) in [6, 6.07) is 7.36. The quantitative estimate of drug-likeness (QED) is 0.864. The summed E-state index contributed by atoms with van der Waals surface area (Å²) < 4.78 is 43.6. The van der Waals surface area contributed by atoms with Gasteiger partial charge in [-0.25, -0.2) is 0 Å². The molecule has 102 valence electrons. The highest BCUT2D eigenvalue weighted by Gasteiger charge is 2.34. The van der Waals surface area contributed by atoms with Gasteiger partial charge >= 0.3 is 6.18 Å². The van der Waals surface area contributed by atoms with Gasteiger partial charge in [-0.15, -0.1) is 11.3 Å². The molecule has 0 atom stereocenters. The van der Waals surface area contributed by atoms with Crippen molar-refractivity contribution in [1.82, 2.24) is 0 Å². The maximum absolute atomic E-state index is 12.8. The molecule has 19 heavy (non-hydrogen) atoms. The Bertz CT molecular complexity index is 537. The predicted molar refractivity (Wildman–Crippen MR) is 69.4 cm³/mol. The topological polar surface area (TPSA) is 35.2 Å². The van der Waals surface area contributed by atoms with Crippen molar-refractivity contribution in [3.63, 3.8) is 0 Å². The highest BCUT2D eigenvalue weighted by molar-refractivity contribution is 7.09. The Morgan fingerprint density at radius 1 is 1.21 bits per heavy atom. The number of alkyl halides is 3. The molecule has 2 rings (SSSR count). The Morgan fingerprint density at radius 2 is 2.00 bits per heavy atom. The van der Waals surface area contributed by atoms with E-state index in [1.165, 1.54) is 12.1 Å². The van der Waals surface area contributed by atoms with Crippen LogP contribution in [-0.2, 0) is 12.6 Å². The first-order valence-corrected chi connectivity index (χ1v) is 6.46. The number of ether oxygens (including phenoxy) is 1. The van der Waals surface area contributed by atoms with E-state index in [0.29, 0.717) is 6.42 Å². The molecule has 0 aliphatic heterocycles. The number of nitrogens with two attached hydrogens (primary N) is 1. The number of rotatable bonds is 4. The summed E-state index contributed by atoms with van der Waals surface area (Å²) in [5.74, 6) is -0.182. The van der Waals surface area contributed by atoms with Gasteiger partial charge in [-0.05, 0) is 29.6 Å². The summed E-state index contributed by atoms with van der Waals surface area (Å²) in [6.45, 7) is 0.202. The average molecular weight is 287 g/mol. The van der Waals surface area contributed by atoms with Crippen LogP contribution in [0.1, 0.15) is 10.4 Å². The van der Waals surface area contributed by atoms with E-state index in [2.05, 4.69) is 0 Å². The van der Waals surface area contributed by atoms with Crippen molar-refractivity contribution in [1.29, 1.82) is 0 Å². The zero-order valence-electron chi connectivity index (χ0n) is 9.91. The van der Waals surface area contributed by atoms with Crippen LogP contribution in [0.2, 0.25) is 0 Å². The Hall–Kier alpha value is -1.69. The van der Waals surface area contributed by atoms with Crippen LogP contribution in [0.25, 0.3) is 0 Å². The molecule has 0 spiro atoms. The van der Waals surface area contributed by atoms with Crippen LogP contribution in [0.5, 0.6) is 5.75 Å². The third kappa shape index (κ3) is 3.64. The largest absolute Gasteiger partial charge is 0.493 e. The molecule has 1 aromatic carbocycles. The van der Waals surface area contributed by atoms with Crippen LogP contribution < -0.4 is 10.5 Å². The van der Waals surface area contributed by atoms with Gasteiger partial charge in [-0.3, -0.25) is 0 Å². The number of halogens is 3. The first kappa shape index (κ1) is 13.7. The zero-order chi connectivity index (χ0) is 13.9. The molecule has 1 aromatic heterocycles. The lowest BCUT2D eigenvalue weighted by atomic mass is 10.1. The minimum atomic E-state index is -4.46. The van der Waals surface area contributed by atoms with Crippen LogP contribution in [0.15, 0.2) is 35.7 Å². The van der Waals surface area contributed by atoms with Gasteiger partial charge in [-0.1, -0.05) is 6.07 Å². The number of hydrogen-bond donors (Lipinski definition) is 1. The SMILES string of the molecule is Nc1ccc(OCCc2cccs2)c(C(F)(F)F)c1. The first-order valence-electron chi connectivity index (χ1n) is 5.59. The molecule has 0 amide bonds. The highest BCUT2D eigenvalue weighted by atomic mass is 32.1. The molecule has 2 nitrogen and oxygen atoms in total. The molecule has 2 N–H and O–H groups in total. The Kier molecular flexibility index (Phi) is 3.99. The molecular weight excluding hydrogens is 275 g/mol. The first-order chi connectivity index (χ1) is 8.97. The van der Waals surface area contributed by atoms with Crippen molar-refractivity contribution in [2.75, 3.05) is 12.3 Å². The summed E-state index contributed by atoms with van der Waals surface area (Å²) in [5, 5.41) is 1.92. The monoisotopic (exact) mass is 287 g/mol. The molecule has 0 bridgehead atoms. The van der Waals surface area contributed by atoms with E-state index in [1.807, 2.05) is 17.5 Å². The summed E-state index contributed by atoms with van der Waals surface area (Å²) >= 11 is 1.55. The Balaban J connectivity index is 2.07. The van der Waals surface area contributed by atoms with Crippen molar-refractivity contribution in [2.45, 2.75) is 12.6 Å². The fraction of sp³-hybridized carbons (Fsp3) is 0.231. The number of anilines is 1. The predicted octanol–water partition coefficient (Wildman–Crippen LogP) is 3.97. The van der Waals surface area contributed by atoms with Crippen LogP contribution in [0.3, 0.4) is 0 Å². The fourth-order valence-corrected chi connectivity index (χ4v) is 2.30. The fourth-order valence-electron chi connectivity index (χ4n) is 1.61. The molecular formula is C13H12F3NOS. The van der Waals surface area contributed by atoms with Crippen molar-refractivity contribution < 1.29 is 17.9 Å². The number of benzene rings is 1. The van der Waals surface area contributed by atoms with Gasteiger partial charge in [-0.2, -0.15) is 13.2 Å². The van der Waals surface area contributed by atoms with Gasteiger partial charge in [0, 0.05) is 17.0 Å². The van der Waals surface area contributed by atoms with E-state index >= 15 is 0 Å². The van der Waals surface area contributed by atoms with Crippen LogP contribution in [0, 0.1) is 0 Å². The van der Waals surface area contributed by atoms with Gasteiger partial charge in [0.1, 0.15) is 5.75 Å². The van der Waals surface area contributed by atoms with E-state index in [4.69, 9.17) is 10.5 Å². The van der Waals surface area contributed by atoms with Crippen molar-refractivity contribution in [3.8, 4) is 5.75 Å². The van der Waals surface area contributed by atoms with Crippen molar-refractivity contribution in [2.24, 2.45) is 0 Å². The van der Waals surface area contributed by atoms with E-state index in [9.17, 15) is 13.2 Å². The van der Waals surface area contributed by atoms with Gasteiger partial charge in [0.15, 0.2) is 0 Å². The minimum Gasteiger partial charge on any atom is -0.493 e. The van der Waals surface area contributed by atoms with Crippen molar-refractivity contribution in [3.05, 3.63) is 46.2 Å². The van der Waals surface area contributed by atoms with Gasteiger partial charge in [0.05, 0.1) is 12.2 Å². The van der Waals surface area contributed by atoms with E-state index in [1.54, 1.807) is 11.3 Å². The summed E-state index contributed by atoms with van der Waals surface area (Å²) in [5.41, 5.74) is 4.61. The molecule has 0 unspecified atom stereocenters. The number of nitrogen functional groups attached to an aromatic ring is 1. The molecule has 0 saturated heterocycles. The van der Waals surface area contributed by atoms with Crippen LogP contribution in [-0.4, -0.2) is 6.61 Å². The zero-order valence-corrected chi connectivity index (χ0v) is 10.7. The summed E-state index contributed by atoms with van der Waals surface area (Å²) in [6.07, 6.45) is -3.88. The van der Waals surface area contributed by atoms with Gasteiger partial charge in [0.25, 0.3) is 0 Å². The lowest BCUT2D eigenvalue weighted by Crippen LogP contribution is -2.10. The normalized spacial score (nSPS) is 11.5. The average Bonchev–Trinajstić information content (AvgIpc) is 2.83. The minimum absolute atomic E-state index is 0.0675. The second kappa shape index (κ2) is 5.52. The lowest BCUT2D eigenvalue weighted by molar-refractivity contribution is -0.138. The van der Waals surface area contributed by atoms with Gasteiger partial charge in [0.2, 0.25) is 0 Å². The van der Waals surface area contributed by atoms with E-state index < -0.39 is 11.7 Å². The third-order valence-electron chi connectivity index (χ3n) is 2.50. The maximum atomic E-state index is 12.8. The molecule has 0 saturated carbocycles. The standard InChI is InChI=1S/C13H12F3NOS/c14-13(15,16)11-8-9(17)3-4-12(11)18-6-5-10-2-1-7-19-10/h1-4,7-8H,5-6,17H2. The molecule has 6 heteroatoms. The maximum Gasteiger partial charge on any atom is 0.420 e. The Morgan fingerprint density at radius 3 is 2.63 bits per heavy atom. The number of thiophene rings is 1. The highest BCUT2D eigenvalue weighted by Crippen LogP contribution is 2.37. The van der Waals surface area contributed by atoms with Crippen LogP contribution >= 0.6 is 11.3 Å². The van der Waals surface area contributed by atoms with Crippen LogP contribution in [0.4, 0.5) is 18.9 Å². The lowest BCUT2D eigenvalue weighted by Gasteiger charge is -2.14. The van der Waals surface area contributed by atoms with E-state index in [-0.39, 0.29) is 18.0 Å². The second-order valence-corrected chi connectivity index (χ2v) is 4.96. The smallest absolute Gasteiger partial charge is 0.420 e. The summed E-state index contributed by atoms with van der Waals surface area (Å²) in [4.78, 5) is 1.07. The third-order valence-corrected chi connectivity index (χ3v) is 3.43. The second-order valence-electron chi connectivity index (χ2n) is 3.93. The molecule has 1 heterocycles. The molecule has 0 aliphatic rings. The summed E-state index contributed by atoms with van der Waals surface area (Å²) in [7, 11) is 0. The molecule has 0 fully saturated rings. The van der Waals surface area contributed by atoms with Crippen molar-refractivity contribution >= 4 is 17.0 Å². The Labute approximate surface area is 112 Å². The molecule has 2 aromatic rings.